The highest BCUT2D eigenvalue weighted by atomic mass is 35.5. The van der Waals surface area contributed by atoms with Crippen molar-refractivity contribution in [1.82, 2.24) is 5.32 Å². The molecule has 0 radical (unpaired) electrons. The van der Waals surface area contributed by atoms with Crippen LogP contribution in [-0.4, -0.2) is 26.9 Å². The van der Waals surface area contributed by atoms with Gasteiger partial charge >= 0.3 is 0 Å². The fourth-order valence-electron chi connectivity index (χ4n) is 1.95. The topological polar surface area (TPSA) is 49.3 Å². The molecule has 0 amide bonds. The molecule has 0 saturated carbocycles. The standard InChI is InChI=1S/C12H16ClNO2S/c13-11-3-1-2-9(12(11)15)8-14-10-4-6-17(16)7-5-10/h1-3,10,14-15H,4-8H2. The van der Waals surface area contributed by atoms with Crippen molar-refractivity contribution in [3.05, 3.63) is 28.8 Å². The summed E-state index contributed by atoms with van der Waals surface area (Å²) in [5.74, 6) is 1.71. The zero-order chi connectivity index (χ0) is 12.3. The summed E-state index contributed by atoms with van der Waals surface area (Å²) >= 11 is 5.84. The van der Waals surface area contributed by atoms with E-state index in [0.29, 0.717) is 17.6 Å². The molecule has 0 spiro atoms. The molecule has 0 atom stereocenters. The number of hydrogen-bond acceptors (Lipinski definition) is 3. The molecular weight excluding hydrogens is 258 g/mol. The molecule has 94 valence electrons. The number of benzene rings is 1. The lowest BCUT2D eigenvalue weighted by Gasteiger charge is -2.22. The predicted molar refractivity (Wildman–Crippen MR) is 70.9 cm³/mol. The Balaban J connectivity index is 1.89. The van der Waals surface area contributed by atoms with E-state index in [-0.39, 0.29) is 5.75 Å². The fourth-order valence-corrected chi connectivity index (χ4v) is 3.45. The number of phenols is 1. The van der Waals surface area contributed by atoms with Crippen molar-refractivity contribution in [3.8, 4) is 5.75 Å². The third-order valence-electron chi connectivity index (χ3n) is 3.04. The van der Waals surface area contributed by atoms with Crippen molar-refractivity contribution in [3.63, 3.8) is 0 Å². The Morgan fingerprint density at radius 3 is 2.82 bits per heavy atom. The molecule has 5 heteroatoms. The summed E-state index contributed by atoms with van der Waals surface area (Å²) < 4.78 is 11.2. The maximum Gasteiger partial charge on any atom is 0.138 e. The van der Waals surface area contributed by atoms with Gasteiger partial charge in [0.2, 0.25) is 0 Å². The van der Waals surface area contributed by atoms with Crippen LogP contribution in [0.15, 0.2) is 18.2 Å². The van der Waals surface area contributed by atoms with Crippen molar-refractivity contribution in [2.24, 2.45) is 0 Å². The van der Waals surface area contributed by atoms with Gasteiger partial charge < -0.3 is 10.4 Å². The normalized spacial score (nSPS) is 24.8. The van der Waals surface area contributed by atoms with E-state index in [1.165, 1.54) is 0 Å². The van der Waals surface area contributed by atoms with Crippen LogP contribution in [0.1, 0.15) is 18.4 Å². The third kappa shape index (κ3) is 3.44. The SMILES string of the molecule is O=S1CCC(NCc2cccc(Cl)c2O)CC1. The molecule has 1 aromatic rings. The second-order valence-electron chi connectivity index (χ2n) is 4.25. The van der Waals surface area contributed by atoms with Crippen LogP contribution in [0.5, 0.6) is 5.75 Å². The monoisotopic (exact) mass is 273 g/mol. The minimum absolute atomic E-state index is 0.154. The van der Waals surface area contributed by atoms with E-state index in [0.717, 1.165) is 29.9 Å². The van der Waals surface area contributed by atoms with Crippen LogP contribution in [-0.2, 0) is 17.3 Å². The minimum Gasteiger partial charge on any atom is -0.506 e. The summed E-state index contributed by atoms with van der Waals surface area (Å²) in [7, 11) is -0.628. The first kappa shape index (κ1) is 12.9. The van der Waals surface area contributed by atoms with Gasteiger partial charge in [-0.25, -0.2) is 0 Å². The van der Waals surface area contributed by atoms with E-state index in [1.807, 2.05) is 12.1 Å². The molecule has 0 unspecified atom stereocenters. The summed E-state index contributed by atoms with van der Waals surface area (Å²) in [4.78, 5) is 0. The largest absolute Gasteiger partial charge is 0.506 e. The van der Waals surface area contributed by atoms with Gasteiger partial charge in [0.1, 0.15) is 5.75 Å². The highest BCUT2D eigenvalue weighted by Gasteiger charge is 2.17. The van der Waals surface area contributed by atoms with Gasteiger partial charge in [0.05, 0.1) is 5.02 Å². The van der Waals surface area contributed by atoms with Gasteiger partial charge in [-0.15, -0.1) is 0 Å². The van der Waals surface area contributed by atoms with Crippen LogP contribution in [0.4, 0.5) is 0 Å². The van der Waals surface area contributed by atoms with E-state index in [9.17, 15) is 9.32 Å². The summed E-state index contributed by atoms with van der Waals surface area (Å²) in [5, 5.41) is 13.5. The predicted octanol–water partition coefficient (Wildman–Crippen LogP) is 2.05. The summed E-state index contributed by atoms with van der Waals surface area (Å²) in [6.07, 6.45) is 1.88. The van der Waals surface area contributed by atoms with Crippen molar-refractivity contribution in [1.29, 1.82) is 0 Å². The van der Waals surface area contributed by atoms with Gasteiger partial charge in [-0.3, -0.25) is 4.21 Å². The molecule has 1 fully saturated rings. The Labute approximate surface area is 109 Å². The molecule has 0 aromatic heterocycles. The maximum atomic E-state index is 11.2. The lowest BCUT2D eigenvalue weighted by molar-refractivity contribution is 0.445. The first-order valence-electron chi connectivity index (χ1n) is 5.71. The van der Waals surface area contributed by atoms with Crippen LogP contribution >= 0.6 is 11.6 Å². The molecule has 2 N–H and O–H groups in total. The molecule has 0 bridgehead atoms. The first-order chi connectivity index (χ1) is 8.16. The van der Waals surface area contributed by atoms with Crippen molar-refractivity contribution < 1.29 is 9.32 Å². The molecule has 1 aliphatic rings. The van der Waals surface area contributed by atoms with Crippen LogP contribution in [0, 0.1) is 0 Å². The summed E-state index contributed by atoms with van der Waals surface area (Å²) in [6.45, 7) is 0.601. The Kier molecular flexibility index (Phi) is 4.42. The minimum atomic E-state index is -0.628. The van der Waals surface area contributed by atoms with Gasteiger partial charge in [-0.05, 0) is 18.9 Å². The highest BCUT2D eigenvalue weighted by molar-refractivity contribution is 7.85. The number of aromatic hydroxyl groups is 1. The van der Waals surface area contributed by atoms with Gasteiger partial charge in [0.15, 0.2) is 0 Å². The Bertz CT molecular complexity index is 415. The smallest absolute Gasteiger partial charge is 0.138 e. The first-order valence-corrected chi connectivity index (χ1v) is 7.58. The van der Waals surface area contributed by atoms with Crippen molar-refractivity contribution in [2.45, 2.75) is 25.4 Å². The highest BCUT2D eigenvalue weighted by Crippen LogP contribution is 2.26. The lowest BCUT2D eigenvalue weighted by atomic mass is 10.1. The zero-order valence-electron chi connectivity index (χ0n) is 9.49. The van der Waals surface area contributed by atoms with Gasteiger partial charge in [0, 0.05) is 40.5 Å². The number of phenolic OH excluding ortho intramolecular Hbond substituents is 1. The number of para-hydroxylation sites is 1. The number of rotatable bonds is 3. The molecule has 3 nitrogen and oxygen atoms in total. The number of nitrogens with one attached hydrogen (secondary N) is 1. The molecule has 17 heavy (non-hydrogen) atoms. The van der Waals surface area contributed by atoms with E-state index >= 15 is 0 Å². The van der Waals surface area contributed by atoms with E-state index in [1.54, 1.807) is 6.07 Å². The second-order valence-corrected chi connectivity index (χ2v) is 6.35. The van der Waals surface area contributed by atoms with Crippen LogP contribution in [0.25, 0.3) is 0 Å². The molecule has 1 aliphatic heterocycles. The lowest BCUT2D eigenvalue weighted by Crippen LogP contribution is -2.35. The van der Waals surface area contributed by atoms with Gasteiger partial charge in [-0.2, -0.15) is 0 Å². The van der Waals surface area contributed by atoms with E-state index in [4.69, 9.17) is 11.6 Å². The van der Waals surface area contributed by atoms with Gasteiger partial charge in [0.25, 0.3) is 0 Å². The van der Waals surface area contributed by atoms with Crippen molar-refractivity contribution in [2.75, 3.05) is 11.5 Å². The van der Waals surface area contributed by atoms with E-state index in [2.05, 4.69) is 5.32 Å². The molecule has 0 aliphatic carbocycles. The van der Waals surface area contributed by atoms with Crippen LogP contribution < -0.4 is 5.32 Å². The van der Waals surface area contributed by atoms with Crippen molar-refractivity contribution >= 4 is 22.4 Å². The summed E-state index contributed by atoms with van der Waals surface area (Å²) in [6, 6.07) is 5.75. The zero-order valence-corrected chi connectivity index (χ0v) is 11.1. The Morgan fingerprint density at radius 2 is 2.12 bits per heavy atom. The average Bonchev–Trinajstić information content (AvgIpc) is 2.33. The van der Waals surface area contributed by atoms with Crippen LogP contribution in [0.3, 0.4) is 0 Å². The maximum absolute atomic E-state index is 11.2. The Hall–Kier alpha value is -0.580. The average molecular weight is 274 g/mol. The van der Waals surface area contributed by atoms with Gasteiger partial charge in [-0.1, -0.05) is 23.7 Å². The quantitative estimate of drug-likeness (QED) is 0.886. The molecule has 1 saturated heterocycles. The molecule has 1 aromatic carbocycles. The van der Waals surface area contributed by atoms with E-state index < -0.39 is 10.8 Å². The molecular formula is C12H16ClNO2S. The summed E-state index contributed by atoms with van der Waals surface area (Å²) in [5.41, 5.74) is 0.809. The number of hydrogen-bond donors (Lipinski definition) is 2. The second kappa shape index (κ2) is 5.85. The molecule has 1 heterocycles. The number of halogens is 1. The van der Waals surface area contributed by atoms with Crippen LogP contribution in [0.2, 0.25) is 5.02 Å². The Morgan fingerprint density at radius 1 is 1.41 bits per heavy atom. The fraction of sp³-hybridized carbons (Fsp3) is 0.500. The molecule has 2 rings (SSSR count). The third-order valence-corrected chi connectivity index (χ3v) is 4.73.